The van der Waals surface area contributed by atoms with Crippen molar-refractivity contribution >= 4 is 5.97 Å². The molecule has 0 aliphatic carbocycles. The lowest BCUT2D eigenvalue weighted by Gasteiger charge is -2.14. The van der Waals surface area contributed by atoms with Crippen molar-refractivity contribution in [1.29, 1.82) is 0 Å². The number of nitrogens with two attached hydrogens (primary N) is 1. The van der Waals surface area contributed by atoms with Crippen molar-refractivity contribution < 1.29 is 9.53 Å². The number of esters is 1. The van der Waals surface area contributed by atoms with E-state index in [9.17, 15) is 4.79 Å². The van der Waals surface area contributed by atoms with E-state index in [0.717, 1.165) is 11.1 Å². The van der Waals surface area contributed by atoms with Gasteiger partial charge < -0.3 is 10.5 Å². The number of rotatable bonds is 5. The Morgan fingerprint density at radius 3 is 2.64 bits per heavy atom. The van der Waals surface area contributed by atoms with Crippen LogP contribution in [0.5, 0.6) is 0 Å². The molecule has 2 aromatic rings. The third kappa shape index (κ3) is 3.74. The van der Waals surface area contributed by atoms with Crippen molar-refractivity contribution in [3.8, 4) is 11.1 Å². The van der Waals surface area contributed by atoms with Crippen LogP contribution in [0.2, 0.25) is 0 Å². The topological polar surface area (TPSA) is 52.3 Å². The number of aryl methyl sites for hydroxylation is 1. The second kappa shape index (κ2) is 7.23. The molecule has 3 heteroatoms. The Labute approximate surface area is 132 Å². The summed E-state index contributed by atoms with van der Waals surface area (Å²) in [5.41, 5.74) is 11.9. The Morgan fingerprint density at radius 1 is 1.18 bits per heavy atom. The lowest BCUT2D eigenvalue weighted by molar-refractivity contribution is -0.143. The first-order valence-corrected chi connectivity index (χ1v) is 7.60. The number of carbonyl (C=O) groups is 1. The van der Waals surface area contributed by atoms with Crippen LogP contribution in [-0.2, 0) is 9.53 Å². The Hall–Kier alpha value is -2.13. The normalized spacial score (nSPS) is 12.0. The van der Waals surface area contributed by atoms with Gasteiger partial charge in [0.05, 0.1) is 13.0 Å². The molecule has 0 heterocycles. The smallest absolute Gasteiger partial charge is 0.307 e. The van der Waals surface area contributed by atoms with E-state index in [1.54, 1.807) is 6.92 Å². The summed E-state index contributed by atoms with van der Waals surface area (Å²) in [6, 6.07) is 14.0. The highest BCUT2D eigenvalue weighted by Gasteiger charge is 2.13. The van der Waals surface area contributed by atoms with Crippen molar-refractivity contribution in [3.05, 3.63) is 59.2 Å². The molecule has 116 valence electrons. The van der Waals surface area contributed by atoms with Gasteiger partial charge in [-0.2, -0.15) is 0 Å². The Bertz CT molecular complexity index is 664. The molecule has 2 rings (SSSR count). The molecule has 1 unspecified atom stereocenters. The lowest BCUT2D eigenvalue weighted by atomic mass is 9.94. The molecule has 0 bridgehead atoms. The molecule has 0 spiro atoms. The maximum absolute atomic E-state index is 11.6. The van der Waals surface area contributed by atoms with Crippen molar-refractivity contribution in [2.45, 2.75) is 33.2 Å². The first kappa shape index (κ1) is 16.2. The summed E-state index contributed by atoms with van der Waals surface area (Å²) in [6.45, 7) is 6.41. The summed E-state index contributed by atoms with van der Waals surface area (Å²) in [4.78, 5) is 11.6. The molecule has 0 aliphatic rings. The number of carbonyl (C=O) groups excluding carboxylic acids is 1. The van der Waals surface area contributed by atoms with E-state index in [1.165, 1.54) is 16.7 Å². The van der Waals surface area contributed by atoms with Gasteiger partial charge in [-0.25, -0.2) is 0 Å². The lowest BCUT2D eigenvalue weighted by Crippen LogP contribution is -2.17. The first-order chi connectivity index (χ1) is 10.5. The summed E-state index contributed by atoms with van der Waals surface area (Å²) in [5.74, 6) is -0.257. The van der Waals surface area contributed by atoms with Crippen LogP contribution in [0, 0.1) is 13.8 Å². The maximum atomic E-state index is 11.6. The van der Waals surface area contributed by atoms with Crippen LogP contribution in [0.25, 0.3) is 11.1 Å². The van der Waals surface area contributed by atoms with Crippen molar-refractivity contribution in [2.24, 2.45) is 5.73 Å². The molecular formula is C19H23NO2. The van der Waals surface area contributed by atoms with E-state index < -0.39 is 0 Å². The average Bonchev–Trinajstić information content (AvgIpc) is 2.50. The minimum atomic E-state index is -0.343. The van der Waals surface area contributed by atoms with Gasteiger partial charge in [0.25, 0.3) is 0 Å². The Balaban J connectivity index is 2.26. The zero-order chi connectivity index (χ0) is 16.1. The fraction of sp³-hybridized carbons (Fsp3) is 0.316. The van der Waals surface area contributed by atoms with Crippen molar-refractivity contribution in [1.82, 2.24) is 0 Å². The van der Waals surface area contributed by atoms with Gasteiger partial charge in [-0.15, -0.1) is 0 Å². The molecule has 0 radical (unpaired) electrons. The standard InChI is InChI=1S/C19H23NO2/c1-4-22-19(21)12-18(20)16-9-6-8-15(11-16)17-10-5-7-13(2)14(17)3/h5-11,18H,4,12,20H2,1-3H3. The molecule has 0 saturated carbocycles. The highest BCUT2D eigenvalue weighted by atomic mass is 16.5. The average molecular weight is 297 g/mol. The molecule has 3 nitrogen and oxygen atoms in total. The predicted molar refractivity (Wildman–Crippen MR) is 89.5 cm³/mol. The summed E-state index contributed by atoms with van der Waals surface area (Å²) < 4.78 is 4.96. The van der Waals surface area contributed by atoms with Gasteiger partial charge in [-0.3, -0.25) is 4.79 Å². The minimum Gasteiger partial charge on any atom is -0.466 e. The quantitative estimate of drug-likeness (QED) is 0.851. The van der Waals surface area contributed by atoms with Crippen LogP contribution in [0.3, 0.4) is 0 Å². The highest BCUT2D eigenvalue weighted by Crippen LogP contribution is 2.28. The number of benzene rings is 2. The number of hydrogen-bond donors (Lipinski definition) is 1. The van der Waals surface area contributed by atoms with Crippen LogP contribution < -0.4 is 5.73 Å². The summed E-state index contributed by atoms with van der Waals surface area (Å²) >= 11 is 0. The van der Waals surface area contributed by atoms with E-state index in [2.05, 4.69) is 44.2 Å². The molecular weight excluding hydrogens is 274 g/mol. The van der Waals surface area contributed by atoms with Gasteiger partial charge in [-0.05, 0) is 54.7 Å². The monoisotopic (exact) mass is 297 g/mol. The van der Waals surface area contributed by atoms with Gasteiger partial charge in [0.15, 0.2) is 0 Å². The second-order valence-electron chi connectivity index (χ2n) is 5.49. The fourth-order valence-corrected chi connectivity index (χ4v) is 2.52. The third-order valence-corrected chi connectivity index (χ3v) is 3.92. The maximum Gasteiger partial charge on any atom is 0.307 e. The number of ether oxygens (including phenoxy) is 1. The van der Waals surface area contributed by atoms with Gasteiger partial charge in [-0.1, -0.05) is 36.4 Å². The number of hydrogen-bond acceptors (Lipinski definition) is 3. The van der Waals surface area contributed by atoms with Crippen LogP contribution in [0.1, 0.15) is 36.1 Å². The Kier molecular flexibility index (Phi) is 5.34. The zero-order valence-electron chi connectivity index (χ0n) is 13.4. The van der Waals surface area contributed by atoms with E-state index in [1.807, 2.05) is 12.1 Å². The summed E-state index contributed by atoms with van der Waals surface area (Å²) in [7, 11) is 0. The zero-order valence-corrected chi connectivity index (χ0v) is 13.4. The molecule has 0 aliphatic heterocycles. The summed E-state index contributed by atoms with van der Waals surface area (Å²) in [5, 5.41) is 0. The molecule has 0 fully saturated rings. The minimum absolute atomic E-state index is 0.199. The predicted octanol–water partition coefficient (Wildman–Crippen LogP) is 3.92. The van der Waals surface area contributed by atoms with Gasteiger partial charge in [0.2, 0.25) is 0 Å². The second-order valence-corrected chi connectivity index (χ2v) is 5.49. The van der Waals surface area contributed by atoms with Crippen LogP contribution in [0.4, 0.5) is 0 Å². The highest BCUT2D eigenvalue weighted by molar-refractivity contribution is 5.72. The van der Waals surface area contributed by atoms with Crippen molar-refractivity contribution in [3.63, 3.8) is 0 Å². The molecule has 2 aromatic carbocycles. The largest absolute Gasteiger partial charge is 0.466 e. The molecule has 1 atom stereocenters. The molecule has 2 N–H and O–H groups in total. The van der Waals surface area contributed by atoms with Gasteiger partial charge in [0.1, 0.15) is 0 Å². The SMILES string of the molecule is CCOC(=O)CC(N)c1cccc(-c2cccc(C)c2C)c1. The molecule has 0 aromatic heterocycles. The van der Waals surface area contributed by atoms with E-state index in [0.29, 0.717) is 6.61 Å². The van der Waals surface area contributed by atoms with Crippen LogP contribution in [-0.4, -0.2) is 12.6 Å². The van der Waals surface area contributed by atoms with E-state index >= 15 is 0 Å². The molecule has 0 saturated heterocycles. The third-order valence-electron chi connectivity index (χ3n) is 3.92. The fourth-order valence-electron chi connectivity index (χ4n) is 2.52. The van der Waals surface area contributed by atoms with E-state index in [-0.39, 0.29) is 18.4 Å². The summed E-state index contributed by atoms with van der Waals surface area (Å²) in [6.07, 6.45) is 0.199. The van der Waals surface area contributed by atoms with Crippen LogP contribution >= 0.6 is 0 Å². The molecule has 22 heavy (non-hydrogen) atoms. The van der Waals surface area contributed by atoms with Crippen LogP contribution in [0.15, 0.2) is 42.5 Å². The molecule has 0 amide bonds. The van der Waals surface area contributed by atoms with Crippen molar-refractivity contribution in [2.75, 3.05) is 6.61 Å². The first-order valence-electron chi connectivity index (χ1n) is 7.60. The van der Waals surface area contributed by atoms with E-state index in [4.69, 9.17) is 10.5 Å². The van der Waals surface area contributed by atoms with Gasteiger partial charge >= 0.3 is 5.97 Å². The Morgan fingerprint density at radius 2 is 1.91 bits per heavy atom. The van der Waals surface area contributed by atoms with Gasteiger partial charge in [0, 0.05) is 6.04 Å².